The number of anilines is 1. The van der Waals surface area contributed by atoms with E-state index in [0.717, 1.165) is 12.1 Å². The number of amides is 1. The molecule has 0 bridgehead atoms. The van der Waals surface area contributed by atoms with Gasteiger partial charge in [0.15, 0.2) is 9.84 Å². The van der Waals surface area contributed by atoms with E-state index in [-0.39, 0.29) is 17.0 Å². The Balaban J connectivity index is 1.99. The molecule has 0 radical (unpaired) electrons. The third-order valence-corrected chi connectivity index (χ3v) is 4.91. The van der Waals surface area contributed by atoms with Crippen molar-refractivity contribution in [2.45, 2.75) is 17.5 Å². The van der Waals surface area contributed by atoms with E-state index in [2.05, 4.69) is 5.32 Å². The van der Waals surface area contributed by atoms with Crippen LogP contribution >= 0.6 is 0 Å². The van der Waals surface area contributed by atoms with Gasteiger partial charge in [-0.3, -0.25) is 4.79 Å². The topological polar surface area (TPSA) is 63.2 Å². The van der Waals surface area contributed by atoms with Crippen molar-refractivity contribution in [2.24, 2.45) is 0 Å². The van der Waals surface area contributed by atoms with Gasteiger partial charge in [-0.1, -0.05) is 24.3 Å². The zero-order valence-electron chi connectivity index (χ0n) is 12.4. The molecule has 0 spiro atoms. The van der Waals surface area contributed by atoms with Gasteiger partial charge in [-0.25, -0.2) is 8.42 Å². The quantitative estimate of drug-likeness (QED) is 0.891. The van der Waals surface area contributed by atoms with Gasteiger partial charge in [0.2, 0.25) is 5.91 Å². The van der Waals surface area contributed by atoms with E-state index in [1.54, 1.807) is 18.2 Å². The van der Waals surface area contributed by atoms with E-state index in [0.29, 0.717) is 0 Å². The molecule has 0 saturated heterocycles. The summed E-state index contributed by atoms with van der Waals surface area (Å²) in [4.78, 5) is 11.9. The molecule has 0 atom stereocenters. The largest absolute Gasteiger partial charge is 0.416 e. The summed E-state index contributed by atoms with van der Waals surface area (Å²) in [5.41, 5.74) is -0.927. The summed E-state index contributed by atoms with van der Waals surface area (Å²) in [6, 6.07) is 11.8. The summed E-state index contributed by atoms with van der Waals surface area (Å²) in [6.45, 7) is 0. The average molecular weight is 357 g/mol. The monoisotopic (exact) mass is 357 g/mol. The fourth-order valence-electron chi connectivity index (χ4n) is 1.97. The van der Waals surface area contributed by atoms with Gasteiger partial charge in [-0.15, -0.1) is 0 Å². The highest BCUT2D eigenvalue weighted by molar-refractivity contribution is 7.91. The molecule has 24 heavy (non-hydrogen) atoms. The number of nitrogens with one attached hydrogen (secondary N) is 1. The minimum Gasteiger partial charge on any atom is -0.326 e. The second-order valence-electron chi connectivity index (χ2n) is 5.01. The first-order chi connectivity index (χ1) is 11.2. The van der Waals surface area contributed by atoms with Crippen molar-refractivity contribution in [3.63, 3.8) is 0 Å². The van der Waals surface area contributed by atoms with Crippen LogP contribution in [0.25, 0.3) is 0 Å². The Bertz CT molecular complexity index is 818. The van der Waals surface area contributed by atoms with Crippen LogP contribution in [0.1, 0.15) is 12.0 Å². The molecule has 2 rings (SSSR count). The minimum absolute atomic E-state index is 0.0352. The Morgan fingerprint density at radius 3 is 2.29 bits per heavy atom. The van der Waals surface area contributed by atoms with Gasteiger partial charge in [0, 0.05) is 12.1 Å². The maximum Gasteiger partial charge on any atom is 0.416 e. The summed E-state index contributed by atoms with van der Waals surface area (Å²) in [5, 5.41) is 2.28. The molecule has 8 heteroatoms. The van der Waals surface area contributed by atoms with Crippen LogP contribution in [0.15, 0.2) is 59.5 Å². The highest BCUT2D eigenvalue weighted by Gasteiger charge is 2.30. The van der Waals surface area contributed by atoms with Crippen molar-refractivity contribution in [1.82, 2.24) is 0 Å². The molecule has 0 aliphatic rings. The molecule has 128 valence electrons. The van der Waals surface area contributed by atoms with Gasteiger partial charge in [0.1, 0.15) is 0 Å². The van der Waals surface area contributed by atoms with E-state index in [9.17, 15) is 26.4 Å². The first-order valence-electron chi connectivity index (χ1n) is 6.93. The number of benzene rings is 2. The van der Waals surface area contributed by atoms with Crippen molar-refractivity contribution in [3.8, 4) is 0 Å². The van der Waals surface area contributed by atoms with Gasteiger partial charge in [-0.05, 0) is 30.3 Å². The van der Waals surface area contributed by atoms with Gasteiger partial charge >= 0.3 is 6.18 Å². The first-order valence-corrected chi connectivity index (χ1v) is 8.59. The van der Waals surface area contributed by atoms with Crippen molar-refractivity contribution in [1.29, 1.82) is 0 Å². The maximum absolute atomic E-state index is 12.6. The Morgan fingerprint density at radius 2 is 1.67 bits per heavy atom. The Labute approximate surface area is 137 Å². The van der Waals surface area contributed by atoms with E-state index in [1.165, 1.54) is 24.3 Å². The molecule has 1 N–H and O–H groups in total. The Kier molecular flexibility index (Phi) is 5.28. The summed E-state index contributed by atoms with van der Waals surface area (Å²) in [7, 11) is -3.62. The second kappa shape index (κ2) is 7.04. The fourth-order valence-corrected chi connectivity index (χ4v) is 3.23. The molecule has 0 fully saturated rings. The van der Waals surface area contributed by atoms with Gasteiger partial charge in [0.25, 0.3) is 0 Å². The molecule has 0 saturated carbocycles. The molecule has 1 amide bonds. The molecule has 4 nitrogen and oxygen atoms in total. The van der Waals surface area contributed by atoms with Gasteiger partial charge in [-0.2, -0.15) is 13.2 Å². The molecular formula is C16H14F3NO3S. The number of alkyl halides is 3. The molecule has 0 unspecified atom stereocenters. The molecule has 0 aromatic heterocycles. The standard InChI is InChI=1S/C16H14F3NO3S/c17-16(18,19)12-5-4-6-13(11-12)20-15(21)9-10-24(22,23)14-7-2-1-3-8-14/h1-8,11H,9-10H2,(H,20,21). The molecule has 2 aromatic rings. The predicted octanol–water partition coefficient (Wildman–Crippen LogP) is 3.51. The molecule has 0 aliphatic heterocycles. The number of rotatable bonds is 5. The zero-order valence-corrected chi connectivity index (χ0v) is 13.2. The number of carbonyl (C=O) groups is 1. The van der Waals surface area contributed by atoms with E-state index in [4.69, 9.17) is 0 Å². The highest BCUT2D eigenvalue weighted by Crippen LogP contribution is 2.30. The SMILES string of the molecule is O=C(CCS(=O)(=O)c1ccccc1)Nc1cccc(C(F)(F)F)c1. The van der Waals surface area contributed by atoms with Crippen molar-refractivity contribution >= 4 is 21.4 Å². The summed E-state index contributed by atoms with van der Waals surface area (Å²) >= 11 is 0. The normalized spacial score (nSPS) is 12.0. The number of hydrogen-bond donors (Lipinski definition) is 1. The first kappa shape index (κ1) is 18.0. The number of hydrogen-bond acceptors (Lipinski definition) is 3. The van der Waals surface area contributed by atoms with Crippen LogP contribution in [0.2, 0.25) is 0 Å². The van der Waals surface area contributed by atoms with E-state index in [1.807, 2.05) is 0 Å². The van der Waals surface area contributed by atoms with Crippen LogP contribution in [-0.2, 0) is 20.8 Å². The highest BCUT2D eigenvalue weighted by atomic mass is 32.2. The van der Waals surface area contributed by atoms with Crippen LogP contribution in [0.3, 0.4) is 0 Å². The number of sulfone groups is 1. The summed E-state index contributed by atoms with van der Waals surface area (Å²) in [6.07, 6.45) is -4.87. The fraction of sp³-hybridized carbons (Fsp3) is 0.188. The molecule has 0 aliphatic carbocycles. The lowest BCUT2D eigenvalue weighted by molar-refractivity contribution is -0.137. The van der Waals surface area contributed by atoms with Crippen LogP contribution in [0.5, 0.6) is 0 Å². The van der Waals surface area contributed by atoms with Gasteiger partial charge < -0.3 is 5.32 Å². The third-order valence-electron chi connectivity index (χ3n) is 3.17. The molecular weight excluding hydrogens is 343 g/mol. The zero-order chi connectivity index (χ0) is 17.8. The van der Waals surface area contributed by atoms with Crippen LogP contribution < -0.4 is 5.32 Å². The van der Waals surface area contributed by atoms with Crippen molar-refractivity contribution in [3.05, 3.63) is 60.2 Å². The number of halogens is 3. The Hall–Kier alpha value is -2.35. The van der Waals surface area contributed by atoms with E-state index >= 15 is 0 Å². The minimum atomic E-state index is -4.52. The van der Waals surface area contributed by atoms with Crippen molar-refractivity contribution < 1.29 is 26.4 Å². The second-order valence-corrected chi connectivity index (χ2v) is 7.12. The van der Waals surface area contributed by atoms with Crippen molar-refractivity contribution in [2.75, 3.05) is 11.1 Å². The maximum atomic E-state index is 12.6. The lowest BCUT2D eigenvalue weighted by atomic mass is 10.2. The molecule has 2 aromatic carbocycles. The van der Waals surface area contributed by atoms with Crippen LogP contribution in [0, 0.1) is 0 Å². The summed E-state index contributed by atoms with van der Waals surface area (Å²) in [5.74, 6) is -1.10. The van der Waals surface area contributed by atoms with Gasteiger partial charge in [0.05, 0.1) is 16.2 Å². The molecule has 0 heterocycles. The number of carbonyl (C=O) groups excluding carboxylic acids is 1. The van der Waals surface area contributed by atoms with E-state index < -0.39 is 33.2 Å². The Morgan fingerprint density at radius 1 is 1.00 bits per heavy atom. The predicted molar refractivity (Wildman–Crippen MR) is 83.2 cm³/mol. The summed E-state index contributed by atoms with van der Waals surface area (Å²) < 4.78 is 61.9. The lowest BCUT2D eigenvalue weighted by Gasteiger charge is -2.10. The lowest BCUT2D eigenvalue weighted by Crippen LogP contribution is -2.17. The van der Waals surface area contributed by atoms with Crippen LogP contribution in [0.4, 0.5) is 18.9 Å². The third kappa shape index (κ3) is 4.82. The smallest absolute Gasteiger partial charge is 0.326 e. The average Bonchev–Trinajstić information content (AvgIpc) is 2.53. The van der Waals surface area contributed by atoms with Crippen LogP contribution in [-0.4, -0.2) is 20.1 Å².